The molecule has 1 saturated carbocycles. The molecule has 1 aromatic heterocycles. The van der Waals surface area contributed by atoms with E-state index in [0.29, 0.717) is 24.2 Å². The Kier molecular flexibility index (Phi) is 6.78. The smallest absolute Gasteiger partial charge is 0.291 e. The number of nitrogens with one attached hydrogen (secondary N) is 1. The van der Waals surface area contributed by atoms with E-state index in [4.69, 9.17) is 5.73 Å². The van der Waals surface area contributed by atoms with Crippen LogP contribution in [-0.2, 0) is 0 Å². The number of benzene rings is 1. The normalized spacial score (nSPS) is 19.4. The first-order chi connectivity index (χ1) is 12.0. The van der Waals surface area contributed by atoms with Crippen LogP contribution in [0.25, 0.3) is 5.69 Å². The van der Waals surface area contributed by atoms with Crippen molar-refractivity contribution in [2.45, 2.75) is 52.0 Å². The molecule has 2 aromatic rings. The third kappa shape index (κ3) is 4.07. The third-order valence-electron chi connectivity index (χ3n) is 5.04. The van der Waals surface area contributed by atoms with Crippen molar-refractivity contribution in [2.24, 2.45) is 11.7 Å². The largest absolute Gasteiger partial charge is 0.346 e. The number of aromatic nitrogens is 3. The second kappa shape index (κ2) is 8.64. The maximum atomic E-state index is 12.6. The molecular formula is C19H28ClN5O. The molecule has 0 saturated heterocycles. The lowest BCUT2D eigenvalue weighted by atomic mass is 10.0. The van der Waals surface area contributed by atoms with Gasteiger partial charge in [-0.2, -0.15) is 0 Å². The predicted octanol–water partition coefficient (Wildman–Crippen LogP) is 2.98. The second-order valence-electron chi connectivity index (χ2n) is 7.11. The highest BCUT2D eigenvalue weighted by molar-refractivity contribution is 5.90. The van der Waals surface area contributed by atoms with Gasteiger partial charge in [0.05, 0.1) is 5.69 Å². The summed E-state index contributed by atoms with van der Waals surface area (Å²) in [6.07, 6.45) is 3.16. The van der Waals surface area contributed by atoms with E-state index < -0.39 is 0 Å². The molecule has 142 valence electrons. The van der Waals surface area contributed by atoms with Crippen molar-refractivity contribution in [3.63, 3.8) is 0 Å². The number of aryl methyl sites for hydroxylation is 1. The number of halogens is 1. The van der Waals surface area contributed by atoms with Gasteiger partial charge < -0.3 is 11.1 Å². The number of para-hydroxylation sites is 1. The molecule has 0 spiro atoms. The molecule has 2 unspecified atom stereocenters. The zero-order chi connectivity index (χ0) is 18.0. The number of hydrogen-bond acceptors (Lipinski definition) is 4. The Bertz CT molecular complexity index is 758. The third-order valence-corrected chi connectivity index (χ3v) is 5.04. The highest BCUT2D eigenvalue weighted by Gasteiger charge is 2.29. The Balaban J connectivity index is 0.00000243. The number of hydrogen-bond donors (Lipinski definition) is 2. The van der Waals surface area contributed by atoms with Gasteiger partial charge in [-0.1, -0.05) is 38.5 Å². The Labute approximate surface area is 161 Å². The van der Waals surface area contributed by atoms with Gasteiger partial charge in [-0.3, -0.25) is 4.79 Å². The molecule has 1 amide bonds. The van der Waals surface area contributed by atoms with Crippen molar-refractivity contribution in [2.75, 3.05) is 6.54 Å². The molecule has 26 heavy (non-hydrogen) atoms. The van der Waals surface area contributed by atoms with E-state index in [1.807, 2.05) is 25.1 Å². The number of nitrogens with zero attached hydrogens (tertiary/aromatic N) is 3. The quantitative estimate of drug-likeness (QED) is 0.838. The minimum Gasteiger partial charge on any atom is -0.346 e. The van der Waals surface area contributed by atoms with Gasteiger partial charge in [0.2, 0.25) is 5.82 Å². The van der Waals surface area contributed by atoms with Gasteiger partial charge in [-0.15, -0.1) is 17.5 Å². The van der Waals surface area contributed by atoms with Crippen LogP contribution in [0.2, 0.25) is 0 Å². The van der Waals surface area contributed by atoms with Crippen LogP contribution in [0.1, 0.15) is 61.0 Å². The maximum Gasteiger partial charge on any atom is 0.291 e. The molecule has 3 N–H and O–H groups in total. The molecule has 3 rings (SSSR count). The Hall–Kier alpha value is -1.92. The average Bonchev–Trinajstić information content (AvgIpc) is 3.20. The minimum absolute atomic E-state index is 0. The predicted molar refractivity (Wildman–Crippen MR) is 105 cm³/mol. The van der Waals surface area contributed by atoms with E-state index >= 15 is 0 Å². The molecule has 2 atom stereocenters. The summed E-state index contributed by atoms with van der Waals surface area (Å²) in [4.78, 5) is 17.0. The molecule has 1 aromatic carbocycles. The minimum atomic E-state index is -0.214. The zero-order valence-corrected chi connectivity index (χ0v) is 16.4. The molecule has 0 bridgehead atoms. The molecule has 0 radical (unpaired) electrons. The van der Waals surface area contributed by atoms with E-state index in [1.165, 1.54) is 5.56 Å². The number of carbonyl (C=O) groups excluding carboxylic acids is 1. The van der Waals surface area contributed by atoms with E-state index in [9.17, 15) is 4.79 Å². The van der Waals surface area contributed by atoms with Crippen LogP contribution in [0, 0.1) is 12.8 Å². The topological polar surface area (TPSA) is 85.8 Å². The highest BCUT2D eigenvalue weighted by Crippen LogP contribution is 2.25. The number of carbonyl (C=O) groups is 1. The van der Waals surface area contributed by atoms with Gasteiger partial charge >= 0.3 is 0 Å². The summed E-state index contributed by atoms with van der Waals surface area (Å²) in [6.45, 7) is 6.77. The summed E-state index contributed by atoms with van der Waals surface area (Å²) in [7, 11) is 0. The van der Waals surface area contributed by atoms with E-state index in [1.54, 1.807) is 4.68 Å². The van der Waals surface area contributed by atoms with Gasteiger partial charge in [-0.25, -0.2) is 9.67 Å². The summed E-state index contributed by atoms with van der Waals surface area (Å²) in [5.41, 5.74) is 7.96. The standard InChI is InChI=1S/C19H27N5O.ClH/c1-12(2)15-8-4-5-10-17(15)24-13(3)21-18(23-24)19(25)22-16-9-6-7-14(16)11-20;/h4-5,8,10,12,14,16H,6-7,9,11,20H2,1-3H3,(H,22,25);1H. The second-order valence-corrected chi connectivity index (χ2v) is 7.11. The number of amides is 1. The fourth-order valence-electron chi connectivity index (χ4n) is 3.62. The monoisotopic (exact) mass is 377 g/mol. The van der Waals surface area contributed by atoms with Gasteiger partial charge in [0.25, 0.3) is 5.91 Å². The summed E-state index contributed by atoms with van der Waals surface area (Å²) >= 11 is 0. The van der Waals surface area contributed by atoms with Crippen LogP contribution in [0.15, 0.2) is 24.3 Å². The first-order valence-corrected chi connectivity index (χ1v) is 9.05. The SMILES string of the molecule is Cc1nc(C(=O)NC2CCCC2CN)nn1-c1ccccc1C(C)C.Cl. The lowest BCUT2D eigenvalue weighted by Gasteiger charge is -2.18. The van der Waals surface area contributed by atoms with E-state index in [-0.39, 0.29) is 30.2 Å². The lowest BCUT2D eigenvalue weighted by Crippen LogP contribution is -2.40. The van der Waals surface area contributed by atoms with Crippen molar-refractivity contribution in [1.82, 2.24) is 20.1 Å². The fraction of sp³-hybridized carbons (Fsp3) is 0.526. The van der Waals surface area contributed by atoms with Crippen molar-refractivity contribution in [3.05, 3.63) is 41.5 Å². The molecule has 1 aliphatic rings. The number of rotatable bonds is 5. The molecule has 6 nitrogen and oxygen atoms in total. The Morgan fingerprint density at radius 3 is 2.77 bits per heavy atom. The van der Waals surface area contributed by atoms with Gasteiger partial charge in [0.1, 0.15) is 5.82 Å². The van der Waals surface area contributed by atoms with E-state index in [2.05, 4.69) is 35.3 Å². The Morgan fingerprint density at radius 2 is 2.08 bits per heavy atom. The van der Waals surface area contributed by atoms with Crippen molar-refractivity contribution in [3.8, 4) is 5.69 Å². The van der Waals surface area contributed by atoms with Crippen LogP contribution in [0.5, 0.6) is 0 Å². The van der Waals surface area contributed by atoms with Crippen LogP contribution >= 0.6 is 12.4 Å². The lowest BCUT2D eigenvalue weighted by molar-refractivity contribution is 0.0918. The molecule has 7 heteroatoms. The highest BCUT2D eigenvalue weighted by atomic mass is 35.5. The van der Waals surface area contributed by atoms with Crippen LogP contribution in [0.4, 0.5) is 0 Å². The van der Waals surface area contributed by atoms with Crippen molar-refractivity contribution >= 4 is 18.3 Å². The molecule has 1 fully saturated rings. The van der Waals surface area contributed by atoms with Crippen LogP contribution in [0.3, 0.4) is 0 Å². The van der Waals surface area contributed by atoms with Gasteiger partial charge in [0, 0.05) is 6.04 Å². The van der Waals surface area contributed by atoms with Gasteiger partial charge in [-0.05, 0) is 49.8 Å². The first kappa shape index (κ1) is 20.4. The zero-order valence-electron chi connectivity index (χ0n) is 15.6. The molecular weight excluding hydrogens is 350 g/mol. The average molecular weight is 378 g/mol. The molecule has 1 aliphatic carbocycles. The molecule has 0 aliphatic heterocycles. The summed E-state index contributed by atoms with van der Waals surface area (Å²) in [5, 5.41) is 7.55. The van der Waals surface area contributed by atoms with Gasteiger partial charge in [0.15, 0.2) is 0 Å². The summed E-state index contributed by atoms with van der Waals surface area (Å²) < 4.78 is 1.76. The summed E-state index contributed by atoms with van der Waals surface area (Å²) in [5.74, 6) is 1.43. The fourth-order valence-corrected chi connectivity index (χ4v) is 3.62. The Morgan fingerprint density at radius 1 is 1.35 bits per heavy atom. The van der Waals surface area contributed by atoms with Crippen LogP contribution < -0.4 is 11.1 Å². The van der Waals surface area contributed by atoms with Crippen molar-refractivity contribution < 1.29 is 4.79 Å². The first-order valence-electron chi connectivity index (χ1n) is 9.05. The summed E-state index contributed by atoms with van der Waals surface area (Å²) in [6, 6.07) is 8.23. The van der Waals surface area contributed by atoms with Crippen LogP contribution in [-0.4, -0.2) is 33.3 Å². The maximum absolute atomic E-state index is 12.6. The number of nitrogens with two attached hydrogens (primary N) is 1. The van der Waals surface area contributed by atoms with Crippen molar-refractivity contribution in [1.29, 1.82) is 0 Å². The molecule has 1 heterocycles. The van der Waals surface area contributed by atoms with E-state index in [0.717, 1.165) is 24.9 Å².